The first-order chi connectivity index (χ1) is 14.7. The van der Waals surface area contributed by atoms with E-state index in [2.05, 4.69) is 15.7 Å². The third-order valence-electron chi connectivity index (χ3n) is 5.52. The number of carbonyl (C=O) groups excluding carboxylic acids is 2. The first-order valence-corrected chi connectivity index (χ1v) is 10.4. The molecular weight excluding hydrogens is 376 g/mol. The van der Waals surface area contributed by atoms with Crippen molar-refractivity contribution in [3.8, 4) is 0 Å². The van der Waals surface area contributed by atoms with Gasteiger partial charge in [-0.15, -0.1) is 0 Å². The quantitative estimate of drug-likeness (QED) is 0.628. The molecule has 0 bridgehead atoms. The lowest BCUT2D eigenvalue weighted by Crippen LogP contribution is -2.45. The predicted molar refractivity (Wildman–Crippen MR) is 116 cm³/mol. The minimum atomic E-state index is -0.702. The van der Waals surface area contributed by atoms with Crippen molar-refractivity contribution in [1.29, 1.82) is 0 Å². The van der Waals surface area contributed by atoms with Gasteiger partial charge in [0.15, 0.2) is 0 Å². The van der Waals surface area contributed by atoms with Gasteiger partial charge in [-0.25, -0.2) is 0 Å². The minimum absolute atomic E-state index is 0.245. The van der Waals surface area contributed by atoms with E-state index in [1.54, 1.807) is 12.3 Å². The van der Waals surface area contributed by atoms with Crippen LogP contribution in [0.1, 0.15) is 47.8 Å². The zero-order valence-corrected chi connectivity index (χ0v) is 16.8. The zero-order valence-electron chi connectivity index (χ0n) is 16.8. The van der Waals surface area contributed by atoms with Crippen LogP contribution in [0.4, 0.5) is 5.69 Å². The Morgan fingerprint density at radius 1 is 0.967 bits per heavy atom. The van der Waals surface area contributed by atoms with Crippen molar-refractivity contribution < 1.29 is 9.59 Å². The third-order valence-corrected chi connectivity index (χ3v) is 5.52. The van der Waals surface area contributed by atoms with E-state index in [9.17, 15) is 9.59 Å². The van der Waals surface area contributed by atoms with Crippen molar-refractivity contribution >= 4 is 17.5 Å². The summed E-state index contributed by atoms with van der Waals surface area (Å²) in [4.78, 5) is 26.1. The van der Waals surface area contributed by atoms with Gasteiger partial charge in [0.05, 0.1) is 6.04 Å². The van der Waals surface area contributed by atoms with E-state index in [0.717, 1.165) is 31.2 Å². The van der Waals surface area contributed by atoms with Crippen molar-refractivity contribution in [2.45, 2.75) is 44.2 Å². The smallest absolute Gasteiger partial charge is 0.270 e. The maximum absolute atomic E-state index is 13.1. The molecule has 2 N–H and O–H groups in total. The molecule has 30 heavy (non-hydrogen) atoms. The SMILES string of the molecule is O=C(NC(Cc1ccccc1)C(=O)Nc1ccccc1)c1ccnn1C1CCCC1. The van der Waals surface area contributed by atoms with Crippen LogP contribution in [0.5, 0.6) is 0 Å². The highest BCUT2D eigenvalue weighted by molar-refractivity contribution is 6.00. The molecule has 154 valence electrons. The lowest BCUT2D eigenvalue weighted by atomic mass is 10.0. The standard InChI is InChI=1S/C24H26N4O2/c29-23(26-19-11-5-2-6-12-19)21(17-18-9-3-1-4-10-18)27-24(30)22-15-16-25-28(22)20-13-7-8-14-20/h1-6,9-12,15-16,20-21H,7-8,13-14,17H2,(H,26,29)(H,27,30). The number of carbonyl (C=O) groups is 2. The van der Waals surface area contributed by atoms with Gasteiger partial charge in [-0.1, -0.05) is 61.4 Å². The fourth-order valence-corrected chi connectivity index (χ4v) is 3.98. The maximum atomic E-state index is 13.1. The Morgan fingerprint density at radius 2 is 1.63 bits per heavy atom. The molecule has 0 spiro atoms. The van der Waals surface area contributed by atoms with Crippen LogP contribution in [0, 0.1) is 0 Å². The summed E-state index contributed by atoms with van der Waals surface area (Å²) in [5, 5.41) is 10.2. The minimum Gasteiger partial charge on any atom is -0.339 e. The van der Waals surface area contributed by atoms with Crippen LogP contribution in [-0.2, 0) is 11.2 Å². The number of aromatic nitrogens is 2. The summed E-state index contributed by atoms with van der Waals surface area (Å²) in [6, 6.07) is 20.3. The number of anilines is 1. The Kier molecular flexibility index (Phi) is 6.23. The molecule has 1 aliphatic carbocycles. The number of benzene rings is 2. The summed E-state index contributed by atoms with van der Waals surface area (Å²) in [7, 11) is 0. The lowest BCUT2D eigenvalue weighted by Gasteiger charge is -2.20. The molecule has 3 aromatic rings. The lowest BCUT2D eigenvalue weighted by molar-refractivity contribution is -0.118. The van der Waals surface area contributed by atoms with Crippen LogP contribution in [0.2, 0.25) is 0 Å². The molecule has 1 heterocycles. The summed E-state index contributed by atoms with van der Waals surface area (Å²) in [5.74, 6) is -0.520. The average Bonchev–Trinajstić information content (AvgIpc) is 3.46. The van der Waals surface area contributed by atoms with Gasteiger partial charge >= 0.3 is 0 Å². The van der Waals surface area contributed by atoms with E-state index < -0.39 is 6.04 Å². The molecular formula is C24H26N4O2. The van der Waals surface area contributed by atoms with Crippen molar-refractivity contribution in [3.05, 3.63) is 84.2 Å². The molecule has 1 unspecified atom stereocenters. The third kappa shape index (κ3) is 4.76. The van der Waals surface area contributed by atoms with Gasteiger partial charge in [-0.3, -0.25) is 14.3 Å². The van der Waals surface area contributed by atoms with Gasteiger partial charge in [0.1, 0.15) is 11.7 Å². The second kappa shape index (κ2) is 9.39. The highest BCUT2D eigenvalue weighted by Crippen LogP contribution is 2.29. The zero-order chi connectivity index (χ0) is 20.8. The number of nitrogens with one attached hydrogen (secondary N) is 2. The van der Waals surface area contributed by atoms with Crippen molar-refractivity contribution in [2.75, 3.05) is 5.32 Å². The van der Waals surface area contributed by atoms with E-state index >= 15 is 0 Å². The molecule has 1 fully saturated rings. The molecule has 0 aliphatic heterocycles. The van der Waals surface area contributed by atoms with Crippen LogP contribution in [0.3, 0.4) is 0 Å². The van der Waals surface area contributed by atoms with Gasteiger partial charge in [-0.05, 0) is 36.6 Å². The summed E-state index contributed by atoms with van der Waals surface area (Å²) in [5.41, 5.74) is 2.19. The molecule has 0 saturated heterocycles. The highest BCUT2D eigenvalue weighted by Gasteiger charge is 2.26. The molecule has 1 atom stereocenters. The maximum Gasteiger partial charge on any atom is 0.270 e. The summed E-state index contributed by atoms with van der Waals surface area (Å²) < 4.78 is 1.82. The first kappa shape index (κ1) is 19.9. The fraction of sp³-hybridized carbons (Fsp3) is 0.292. The summed E-state index contributed by atoms with van der Waals surface area (Å²) >= 11 is 0. The second-order valence-electron chi connectivity index (χ2n) is 7.67. The Balaban J connectivity index is 1.52. The number of rotatable bonds is 7. The Labute approximate surface area is 176 Å². The Morgan fingerprint density at radius 3 is 2.33 bits per heavy atom. The molecule has 1 aliphatic rings. The van der Waals surface area contributed by atoms with E-state index in [1.807, 2.05) is 65.3 Å². The Bertz CT molecular complexity index is 979. The van der Waals surface area contributed by atoms with Gasteiger partial charge in [0.25, 0.3) is 5.91 Å². The second-order valence-corrected chi connectivity index (χ2v) is 7.67. The van der Waals surface area contributed by atoms with E-state index in [4.69, 9.17) is 0 Å². The predicted octanol–water partition coefficient (Wildman–Crippen LogP) is 3.98. The molecule has 6 nitrogen and oxygen atoms in total. The van der Waals surface area contributed by atoms with E-state index in [-0.39, 0.29) is 17.9 Å². The molecule has 1 aromatic heterocycles. The molecule has 6 heteroatoms. The van der Waals surface area contributed by atoms with Gasteiger partial charge in [0, 0.05) is 18.3 Å². The number of amides is 2. The fourth-order valence-electron chi connectivity index (χ4n) is 3.98. The molecule has 1 saturated carbocycles. The average molecular weight is 402 g/mol. The van der Waals surface area contributed by atoms with Crippen LogP contribution < -0.4 is 10.6 Å². The normalized spacial score (nSPS) is 14.9. The van der Waals surface area contributed by atoms with E-state index in [0.29, 0.717) is 17.8 Å². The van der Waals surface area contributed by atoms with Crippen LogP contribution in [0.15, 0.2) is 72.9 Å². The van der Waals surface area contributed by atoms with Gasteiger partial charge in [0.2, 0.25) is 5.91 Å². The monoisotopic (exact) mass is 402 g/mol. The van der Waals surface area contributed by atoms with Crippen LogP contribution >= 0.6 is 0 Å². The van der Waals surface area contributed by atoms with Crippen molar-refractivity contribution in [3.63, 3.8) is 0 Å². The molecule has 4 rings (SSSR count). The van der Waals surface area contributed by atoms with Crippen LogP contribution in [-0.4, -0.2) is 27.6 Å². The van der Waals surface area contributed by atoms with Crippen LogP contribution in [0.25, 0.3) is 0 Å². The van der Waals surface area contributed by atoms with E-state index in [1.165, 1.54) is 0 Å². The number of hydrogen-bond acceptors (Lipinski definition) is 3. The first-order valence-electron chi connectivity index (χ1n) is 10.4. The topological polar surface area (TPSA) is 76.0 Å². The van der Waals surface area contributed by atoms with Crippen molar-refractivity contribution in [1.82, 2.24) is 15.1 Å². The number of para-hydroxylation sites is 1. The highest BCUT2D eigenvalue weighted by atomic mass is 16.2. The summed E-state index contributed by atoms with van der Waals surface area (Å²) in [6.07, 6.45) is 6.43. The Hall–Kier alpha value is -3.41. The molecule has 2 amide bonds. The number of hydrogen-bond donors (Lipinski definition) is 2. The largest absolute Gasteiger partial charge is 0.339 e. The van der Waals surface area contributed by atoms with Crippen molar-refractivity contribution in [2.24, 2.45) is 0 Å². The van der Waals surface area contributed by atoms with Gasteiger partial charge < -0.3 is 10.6 Å². The molecule has 0 radical (unpaired) electrons. The van der Waals surface area contributed by atoms with Gasteiger partial charge in [-0.2, -0.15) is 5.10 Å². The summed E-state index contributed by atoms with van der Waals surface area (Å²) in [6.45, 7) is 0. The molecule has 2 aromatic carbocycles. The number of nitrogens with zero attached hydrogens (tertiary/aromatic N) is 2.